The summed E-state index contributed by atoms with van der Waals surface area (Å²) in [5, 5.41) is 4.18. The number of nitrogens with zero attached hydrogens (tertiary/aromatic N) is 2. The minimum absolute atomic E-state index is 0.382. The van der Waals surface area contributed by atoms with Gasteiger partial charge in [0.2, 0.25) is 0 Å². The summed E-state index contributed by atoms with van der Waals surface area (Å²) in [4.78, 5) is 8.10. The van der Waals surface area contributed by atoms with Gasteiger partial charge in [0.25, 0.3) is 0 Å². The van der Waals surface area contributed by atoms with Crippen molar-refractivity contribution in [1.82, 2.24) is 4.90 Å². The summed E-state index contributed by atoms with van der Waals surface area (Å²) < 4.78 is 0. The first kappa shape index (κ1) is 17.3. The summed E-state index contributed by atoms with van der Waals surface area (Å²) in [5.41, 5.74) is 8.66. The monoisotopic (exact) mass is 329 g/mol. The molecule has 1 saturated carbocycles. The normalized spacial score (nSPS) is 21.7. The molecular formula is C20H31N3O. The predicted octanol–water partition coefficient (Wildman–Crippen LogP) is 3.86. The van der Waals surface area contributed by atoms with Gasteiger partial charge in [-0.15, -0.1) is 0 Å². The van der Waals surface area contributed by atoms with E-state index < -0.39 is 0 Å². The summed E-state index contributed by atoms with van der Waals surface area (Å²) in [6.45, 7) is 7.27. The second kappa shape index (κ2) is 8.02. The van der Waals surface area contributed by atoms with Crippen LogP contribution in [0.15, 0.2) is 29.4 Å². The molecule has 4 heteroatoms. The zero-order valence-electron chi connectivity index (χ0n) is 15.1. The van der Waals surface area contributed by atoms with E-state index in [4.69, 9.17) is 10.6 Å². The molecule has 4 nitrogen and oxygen atoms in total. The van der Waals surface area contributed by atoms with Crippen molar-refractivity contribution >= 4 is 5.84 Å². The van der Waals surface area contributed by atoms with E-state index in [9.17, 15) is 0 Å². The van der Waals surface area contributed by atoms with Gasteiger partial charge in [-0.25, -0.2) is 0 Å². The Morgan fingerprint density at radius 1 is 1.21 bits per heavy atom. The molecule has 3 rings (SSSR count). The van der Waals surface area contributed by atoms with Gasteiger partial charge >= 0.3 is 0 Å². The van der Waals surface area contributed by atoms with Crippen LogP contribution in [-0.4, -0.2) is 29.9 Å². The fourth-order valence-corrected chi connectivity index (χ4v) is 3.43. The molecule has 1 unspecified atom stereocenters. The van der Waals surface area contributed by atoms with Gasteiger partial charge in [-0.05, 0) is 62.2 Å². The van der Waals surface area contributed by atoms with Crippen molar-refractivity contribution in [3.8, 4) is 0 Å². The summed E-state index contributed by atoms with van der Waals surface area (Å²) in [6.07, 6.45) is 6.15. The largest absolute Gasteiger partial charge is 0.390 e. The topological polar surface area (TPSA) is 50.9 Å². The second-order valence-corrected chi connectivity index (χ2v) is 7.38. The van der Waals surface area contributed by atoms with Gasteiger partial charge in [0.15, 0.2) is 0 Å². The van der Waals surface area contributed by atoms with Crippen molar-refractivity contribution in [2.45, 2.75) is 64.5 Å². The molecule has 0 radical (unpaired) electrons. The minimum atomic E-state index is 0.382. The van der Waals surface area contributed by atoms with E-state index >= 15 is 0 Å². The molecule has 2 fully saturated rings. The number of hydrogen-bond donors (Lipinski definition) is 1. The minimum Gasteiger partial charge on any atom is -0.390 e. The van der Waals surface area contributed by atoms with Crippen LogP contribution in [0.3, 0.4) is 0 Å². The average molecular weight is 329 g/mol. The van der Waals surface area contributed by atoms with E-state index in [0.29, 0.717) is 24.3 Å². The van der Waals surface area contributed by atoms with E-state index in [1.807, 2.05) is 0 Å². The highest BCUT2D eigenvalue weighted by atomic mass is 16.6. The fourth-order valence-electron chi connectivity index (χ4n) is 3.43. The van der Waals surface area contributed by atoms with E-state index in [1.165, 1.54) is 18.4 Å². The summed E-state index contributed by atoms with van der Waals surface area (Å²) in [7, 11) is 0. The first-order chi connectivity index (χ1) is 11.7. The van der Waals surface area contributed by atoms with Crippen LogP contribution in [0.5, 0.6) is 0 Å². The molecule has 1 aliphatic carbocycles. The Morgan fingerprint density at radius 2 is 1.88 bits per heavy atom. The van der Waals surface area contributed by atoms with Crippen LogP contribution in [0.4, 0.5) is 0 Å². The Morgan fingerprint density at radius 3 is 2.46 bits per heavy atom. The number of piperidine rings is 1. The summed E-state index contributed by atoms with van der Waals surface area (Å²) in [5.74, 6) is 1.66. The van der Waals surface area contributed by atoms with Gasteiger partial charge in [-0.2, -0.15) is 0 Å². The van der Waals surface area contributed by atoms with Gasteiger partial charge in [-0.3, -0.25) is 0 Å². The van der Waals surface area contributed by atoms with Crippen molar-refractivity contribution in [1.29, 1.82) is 0 Å². The van der Waals surface area contributed by atoms with Gasteiger partial charge in [-0.1, -0.05) is 43.3 Å². The van der Waals surface area contributed by atoms with Crippen LogP contribution in [0.1, 0.15) is 63.0 Å². The van der Waals surface area contributed by atoms with Crippen molar-refractivity contribution in [2.24, 2.45) is 16.8 Å². The zero-order valence-corrected chi connectivity index (χ0v) is 15.1. The molecule has 2 aliphatic rings. The Balaban J connectivity index is 1.43. The smallest absolute Gasteiger partial charge is 0.142 e. The number of nitrogens with two attached hydrogens (primary N) is 1. The van der Waals surface area contributed by atoms with E-state index in [2.05, 4.69) is 48.2 Å². The molecule has 0 amide bonds. The molecule has 132 valence electrons. The lowest BCUT2D eigenvalue weighted by Gasteiger charge is -2.31. The van der Waals surface area contributed by atoms with Crippen LogP contribution in [0.25, 0.3) is 0 Å². The highest BCUT2D eigenvalue weighted by Gasteiger charge is 2.32. The molecule has 1 saturated heterocycles. The van der Waals surface area contributed by atoms with E-state index in [-0.39, 0.29) is 0 Å². The molecule has 24 heavy (non-hydrogen) atoms. The SMILES string of the molecule is CCC(C)c1ccc(CO/N=C(\N)C2CCN(C3CC3)CC2)cc1. The van der Waals surface area contributed by atoms with E-state index in [1.54, 1.807) is 0 Å². The van der Waals surface area contributed by atoms with Crippen LogP contribution >= 0.6 is 0 Å². The predicted molar refractivity (Wildman–Crippen MR) is 98.9 cm³/mol. The number of benzene rings is 1. The third-order valence-electron chi connectivity index (χ3n) is 5.57. The van der Waals surface area contributed by atoms with Crippen molar-refractivity contribution in [2.75, 3.05) is 13.1 Å². The number of amidine groups is 1. The first-order valence-corrected chi connectivity index (χ1v) is 9.45. The maximum atomic E-state index is 6.14. The molecule has 1 heterocycles. The standard InChI is InChI=1S/C20H31N3O/c1-3-15(2)17-6-4-16(5-7-17)14-24-22-20(21)18-10-12-23(13-11-18)19-8-9-19/h4-7,15,18-19H,3,8-14H2,1-2H3,(H2,21,22). The summed E-state index contributed by atoms with van der Waals surface area (Å²) >= 11 is 0. The third kappa shape index (κ3) is 4.50. The van der Waals surface area contributed by atoms with Gasteiger partial charge in [0.05, 0.1) is 0 Å². The molecule has 1 aromatic carbocycles. The van der Waals surface area contributed by atoms with Crippen molar-refractivity contribution in [3.05, 3.63) is 35.4 Å². The number of hydrogen-bond acceptors (Lipinski definition) is 3. The molecule has 0 bridgehead atoms. The molecule has 1 atom stereocenters. The Bertz CT molecular complexity index is 543. The number of rotatable bonds is 7. The lowest BCUT2D eigenvalue weighted by Crippen LogP contribution is -2.39. The average Bonchev–Trinajstić information content (AvgIpc) is 3.47. The van der Waals surface area contributed by atoms with Crippen LogP contribution < -0.4 is 5.73 Å². The molecular weight excluding hydrogens is 298 g/mol. The molecule has 0 spiro atoms. The zero-order chi connectivity index (χ0) is 16.9. The van der Waals surface area contributed by atoms with Crippen molar-refractivity contribution < 1.29 is 4.84 Å². The Labute approximate surface area is 146 Å². The Kier molecular flexibility index (Phi) is 5.77. The first-order valence-electron chi connectivity index (χ1n) is 9.45. The molecule has 1 aliphatic heterocycles. The van der Waals surface area contributed by atoms with Gasteiger partial charge in [0.1, 0.15) is 12.4 Å². The number of oxime groups is 1. The Hall–Kier alpha value is -1.55. The maximum Gasteiger partial charge on any atom is 0.142 e. The van der Waals surface area contributed by atoms with Gasteiger partial charge < -0.3 is 15.5 Å². The third-order valence-corrected chi connectivity index (χ3v) is 5.57. The second-order valence-electron chi connectivity index (χ2n) is 7.38. The maximum absolute atomic E-state index is 6.14. The summed E-state index contributed by atoms with van der Waals surface area (Å²) in [6, 6.07) is 9.49. The van der Waals surface area contributed by atoms with Crippen molar-refractivity contribution in [3.63, 3.8) is 0 Å². The number of likely N-dealkylation sites (tertiary alicyclic amines) is 1. The lowest BCUT2D eigenvalue weighted by atomic mass is 9.96. The lowest BCUT2D eigenvalue weighted by molar-refractivity contribution is 0.126. The van der Waals surface area contributed by atoms with Crippen LogP contribution in [-0.2, 0) is 11.4 Å². The van der Waals surface area contributed by atoms with Crippen LogP contribution in [0, 0.1) is 5.92 Å². The van der Waals surface area contributed by atoms with E-state index in [0.717, 1.165) is 44.0 Å². The van der Waals surface area contributed by atoms with Gasteiger partial charge in [0, 0.05) is 12.0 Å². The molecule has 1 aromatic rings. The highest BCUT2D eigenvalue weighted by molar-refractivity contribution is 5.82. The molecule has 0 aromatic heterocycles. The fraction of sp³-hybridized carbons (Fsp3) is 0.650. The molecule has 2 N–H and O–H groups in total. The van der Waals surface area contributed by atoms with Crippen LogP contribution in [0.2, 0.25) is 0 Å². The highest BCUT2D eigenvalue weighted by Crippen LogP contribution is 2.30. The quantitative estimate of drug-likeness (QED) is 0.469.